The van der Waals surface area contributed by atoms with Crippen molar-refractivity contribution in [3.05, 3.63) is 35.9 Å². The Balaban J connectivity index is 1.92. The van der Waals surface area contributed by atoms with Gasteiger partial charge in [-0.15, -0.1) is 0 Å². The molecule has 1 atom stereocenters. The van der Waals surface area contributed by atoms with Crippen molar-refractivity contribution in [3.8, 4) is 0 Å². The minimum atomic E-state index is -0.897. The summed E-state index contributed by atoms with van der Waals surface area (Å²) in [6.45, 7) is 5.18. The number of carbonyl (C=O) groups excluding carboxylic acids is 3. The van der Waals surface area contributed by atoms with E-state index in [0.29, 0.717) is 0 Å². The average molecular weight is 305 g/mol. The Morgan fingerprint density at radius 1 is 1.23 bits per heavy atom. The number of carbonyl (C=O) groups is 3. The SMILES string of the molecule is CC(C)(C)OC(=O)N1C(=O)C[C@@H]1C(=O)OCc1ccccc1. The summed E-state index contributed by atoms with van der Waals surface area (Å²) in [5, 5.41) is 0. The maximum absolute atomic E-state index is 12.0. The van der Waals surface area contributed by atoms with Crippen molar-refractivity contribution < 1.29 is 23.9 Å². The lowest BCUT2D eigenvalue weighted by Crippen LogP contribution is -2.60. The molecule has 0 saturated carbocycles. The molecule has 22 heavy (non-hydrogen) atoms. The number of amides is 2. The van der Waals surface area contributed by atoms with Gasteiger partial charge in [0.15, 0.2) is 0 Å². The first-order valence-corrected chi connectivity index (χ1v) is 7.03. The van der Waals surface area contributed by atoms with Gasteiger partial charge < -0.3 is 9.47 Å². The van der Waals surface area contributed by atoms with E-state index in [1.165, 1.54) is 0 Å². The maximum Gasteiger partial charge on any atom is 0.417 e. The van der Waals surface area contributed by atoms with E-state index in [0.717, 1.165) is 10.5 Å². The van der Waals surface area contributed by atoms with Crippen LogP contribution in [0.2, 0.25) is 0 Å². The van der Waals surface area contributed by atoms with Crippen molar-refractivity contribution in [3.63, 3.8) is 0 Å². The second kappa shape index (κ2) is 6.17. The number of ether oxygens (including phenoxy) is 2. The van der Waals surface area contributed by atoms with Crippen LogP contribution in [-0.4, -0.2) is 34.5 Å². The van der Waals surface area contributed by atoms with Gasteiger partial charge in [0.05, 0.1) is 6.42 Å². The highest BCUT2D eigenvalue weighted by Gasteiger charge is 2.48. The number of hydrogen-bond donors (Lipinski definition) is 0. The number of nitrogens with zero attached hydrogens (tertiary/aromatic N) is 1. The van der Waals surface area contributed by atoms with Crippen LogP contribution in [0.5, 0.6) is 0 Å². The Kier molecular flexibility index (Phi) is 4.49. The third-order valence-electron chi connectivity index (χ3n) is 3.03. The zero-order valence-electron chi connectivity index (χ0n) is 12.9. The molecule has 1 saturated heterocycles. The summed E-state index contributed by atoms with van der Waals surface area (Å²) in [4.78, 5) is 36.3. The van der Waals surface area contributed by atoms with Crippen molar-refractivity contribution in [2.45, 2.75) is 45.4 Å². The Labute approximate surface area is 129 Å². The molecular formula is C16H19NO5. The van der Waals surface area contributed by atoms with E-state index in [4.69, 9.17) is 9.47 Å². The van der Waals surface area contributed by atoms with Gasteiger partial charge in [0.2, 0.25) is 5.91 Å². The molecule has 0 bridgehead atoms. The smallest absolute Gasteiger partial charge is 0.417 e. The quantitative estimate of drug-likeness (QED) is 0.632. The van der Waals surface area contributed by atoms with Crippen LogP contribution < -0.4 is 0 Å². The van der Waals surface area contributed by atoms with Crippen molar-refractivity contribution in [1.82, 2.24) is 4.90 Å². The van der Waals surface area contributed by atoms with Crippen molar-refractivity contribution in [2.24, 2.45) is 0 Å². The zero-order valence-corrected chi connectivity index (χ0v) is 12.9. The van der Waals surface area contributed by atoms with Crippen LogP contribution in [0.15, 0.2) is 30.3 Å². The Hall–Kier alpha value is -2.37. The number of esters is 1. The fourth-order valence-corrected chi connectivity index (χ4v) is 1.97. The minimum Gasteiger partial charge on any atom is -0.459 e. The molecule has 0 N–H and O–H groups in total. The molecular weight excluding hydrogens is 286 g/mol. The van der Waals surface area contributed by atoms with Gasteiger partial charge in [-0.3, -0.25) is 4.79 Å². The second-order valence-electron chi connectivity index (χ2n) is 6.06. The number of β-lactam (4-membered cyclic amide) rings is 1. The van der Waals surface area contributed by atoms with Gasteiger partial charge in [-0.25, -0.2) is 14.5 Å². The summed E-state index contributed by atoms with van der Waals surface area (Å²) in [6, 6.07) is 8.29. The largest absolute Gasteiger partial charge is 0.459 e. The number of hydrogen-bond acceptors (Lipinski definition) is 5. The van der Waals surface area contributed by atoms with Gasteiger partial charge in [-0.05, 0) is 26.3 Å². The van der Waals surface area contributed by atoms with Crippen molar-refractivity contribution >= 4 is 18.0 Å². The third-order valence-corrected chi connectivity index (χ3v) is 3.03. The number of imide groups is 1. The van der Waals surface area contributed by atoms with Crippen LogP contribution in [0.1, 0.15) is 32.8 Å². The standard InChI is InChI=1S/C16H19NO5/c1-16(2,3)22-15(20)17-12(9-13(17)18)14(19)21-10-11-7-5-4-6-8-11/h4-8,12H,9-10H2,1-3H3/t12-/m1/s1. The fraction of sp³-hybridized carbons (Fsp3) is 0.438. The van der Waals surface area contributed by atoms with E-state index in [2.05, 4.69) is 0 Å². The zero-order chi connectivity index (χ0) is 16.3. The van der Waals surface area contributed by atoms with Gasteiger partial charge >= 0.3 is 12.1 Å². The second-order valence-corrected chi connectivity index (χ2v) is 6.06. The van der Waals surface area contributed by atoms with E-state index in [9.17, 15) is 14.4 Å². The molecule has 1 aromatic carbocycles. The maximum atomic E-state index is 12.0. The number of benzene rings is 1. The summed E-state index contributed by atoms with van der Waals surface area (Å²) in [6.07, 6.45) is -0.849. The van der Waals surface area contributed by atoms with E-state index >= 15 is 0 Å². The Morgan fingerprint density at radius 3 is 2.41 bits per heavy atom. The molecule has 6 nitrogen and oxygen atoms in total. The summed E-state index contributed by atoms with van der Waals surface area (Å²) < 4.78 is 10.3. The Bertz CT molecular complexity index is 576. The number of rotatable bonds is 3. The summed E-state index contributed by atoms with van der Waals surface area (Å²) in [5.41, 5.74) is 0.108. The topological polar surface area (TPSA) is 72.9 Å². The van der Waals surface area contributed by atoms with E-state index < -0.39 is 29.6 Å². The predicted octanol–water partition coefficient (Wildman–Crippen LogP) is 2.27. The summed E-state index contributed by atoms with van der Waals surface area (Å²) in [5.74, 6) is -1.04. The molecule has 1 fully saturated rings. The van der Waals surface area contributed by atoms with Crippen LogP contribution in [0, 0.1) is 0 Å². The van der Waals surface area contributed by atoms with Crippen LogP contribution in [0.4, 0.5) is 4.79 Å². The first-order valence-electron chi connectivity index (χ1n) is 7.03. The lowest BCUT2D eigenvalue weighted by atomic mass is 10.0. The normalized spacial score (nSPS) is 17.7. The lowest BCUT2D eigenvalue weighted by molar-refractivity contribution is -0.165. The minimum absolute atomic E-state index is 0.0349. The molecule has 2 amide bonds. The van der Waals surface area contributed by atoms with Crippen LogP contribution in [-0.2, 0) is 25.7 Å². The summed E-state index contributed by atoms with van der Waals surface area (Å²) in [7, 11) is 0. The first-order chi connectivity index (χ1) is 10.3. The van der Waals surface area contributed by atoms with Gasteiger partial charge in [0.25, 0.3) is 0 Å². The molecule has 1 aliphatic heterocycles. The molecule has 0 unspecified atom stereocenters. The van der Waals surface area contributed by atoms with E-state index in [1.54, 1.807) is 20.8 Å². The Morgan fingerprint density at radius 2 is 1.86 bits per heavy atom. The molecule has 1 heterocycles. The molecule has 0 aromatic heterocycles. The van der Waals surface area contributed by atoms with E-state index in [1.807, 2.05) is 30.3 Å². The van der Waals surface area contributed by atoms with E-state index in [-0.39, 0.29) is 13.0 Å². The highest BCUT2D eigenvalue weighted by atomic mass is 16.6. The predicted molar refractivity (Wildman–Crippen MR) is 77.7 cm³/mol. The highest BCUT2D eigenvalue weighted by Crippen LogP contribution is 2.24. The fourth-order valence-electron chi connectivity index (χ4n) is 1.97. The van der Waals surface area contributed by atoms with Crippen LogP contribution in [0.3, 0.4) is 0 Å². The third kappa shape index (κ3) is 3.84. The van der Waals surface area contributed by atoms with Gasteiger partial charge in [-0.2, -0.15) is 0 Å². The van der Waals surface area contributed by atoms with Crippen LogP contribution in [0.25, 0.3) is 0 Å². The molecule has 118 valence electrons. The number of likely N-dealkylation sites (tertiary alicyclic amines) is 1. The van der Waals surface area contributed by atoms with Crippen molar-refractivity contribution in [2.75, 3.05) is 0 Å². The molecule has 6 heteroatoms. The lowest BCUT2D eigenvalue weighted by Gasteiger charge is -2.37. The molecule has 1 aromatic rings. The van der Waals surface area contributed by atoms with Gasteiger partial charge in [-0.1, -0.05) is 30.3 Å². The van der Waals surface area contributed by atoms with Crippen molar-refractivity contribution in [1.29, 1.82) is 0 Å². The molecule has 0 aliphatic carbocycles. The monoisotopic (exact) mass is 305 g/mol. The van der Waals surface area contributed by atoms with Gasteiger partial charge in [0, 0.05) is 0 Å². The molecule has 2 rings (SSSR count). The highest BCUT2D eigenvalue weighted by molar-refractivity contribution is 6.04. The average Bonchev–Trinajstić information content (AvgIpc) is 2.41. The first kappa shape index (κ1) is 16.0. The van der Waals surface area contributed by atoms with Crippen LogP contribution >= 0.6 is 0 Å². The molecule has 0 spiro atoms. The molecule has 1 aliphatic rings. The summed E-state index contributed by atoms with van der Waals surface area (Å²) >= 11 is 0. The van der Waals surface area contributed by atoms with Gasteiger partial charge in [0.1, 0.15) is 18.2 Å². The molecule has 0 radical (unpaired) electrons.